The van der Waals surface area contributed by atoms with Crippen molar-refractivity contribution in [3.8, 4) is 22.9 Å². The number of nitrogens with zero attached hydrogens (tertiary/aromatic N) is 1. The number of carbonyl (C=O) groups is 1. The van der Waals surface area contributed by atoms with Gasteiger partial charge in [0, 0.05) is 16.1 Å². The summed E-state index contributed by atoms with van der Waals surface area (Å²) in [6.07, 6.45) is 0. The first kappa shape index (κ1) is 17.1. The van der Waals surface area contributed by atoms with Crippen molar-refractivity contribution in [1.29, 1.82) is 0 Å². The Morgan fingerprint density at radius 2 is 1.78 bits per heavy atom. The second kappa shape index (κ2) is 6.78. The second-order valence-corrected chi connectivity index (χ2v) is 6.63. The molecule has 134 valence electrons. The molecule has 0 fully saturated rings. The lowest BCUT2D eigenvalue weighted by atomic mass is 10.2. The van der Waals surface area contributed by atoms with Crippen molar-refractivity contribution in [2.24, 2.45) is 5.73 Å². The second-order valence-electron chi connectivity index (χ2n) is 6.22. The van der Waals surface area contributed by atoms with Gasteiger partial charge in [0.1, 0.15) is 17.3 Å². The summed E-state index contributed by atoms with van der Waals surface area (Å²) in [5.41, 5.74) is 9.19. The number of carbonyl (C=O) groups excluding carboxylic acids is 1. The molecule has 0 aliphatic rings. The Morgan fingerprint density at radius 3 is 2.48 bits per heavy atom. The van der Waals surface area contributed by atoms with Gasteiger partial charge in [0.05, 0.1) is 11.0 Å². The first-order chi connectivity index (χ1) is 13.0. The summed E-state index contributed by atoms with van der Waals surface area (Å²) in [5, 5.41) is 0.668. The minimum absolute atomic E-state index is 0.432. The molecule has 0 saturated heterocycles. The van der Waals surface area contributed by atoms with E-state index in [1.807, 2.05) is 43.3 Å². The molecule has 0 aliphatic heterocycles. The molecule has 27 heavy (non-hydrogen) atoms. The van der Waals surface area contributed by atoms with E-state index in [0.717, 1.165) is 16.6 Å². The van der Waals surface area contributed by atoms with Crippen LogP contribution in [0.3, 0.4) is 0 Å². The number of hydrogen-bond acceptors (Lipinski definition) is 3. The molecular formula is C21H16ClN3O2. The fourth-order valence-corrected chi connectivity index (χ4v) is 2.92. The van der Waals surface area contributed by atoms with Crippen LogP contribution in [0.15, 0.2) is 60.7 Å². The lowest BCUT2D eigenvalue weighted by Crippen LogP contribution is -2.10. The maximum atomic E-state index is 11.3. The Hall–Kier alpha value is -3.31. The number of H-pyrrole nitrogens is 1. The van der Waals surface area contributed by atoms with Gasteiger partial charge in [0.25, 0.3) is 0 Å². The van der Waals surface area contributed by atoms with Gasteiger partial charge >= 0.3 is 0 Å². The van der Waals surface area contributed by atoms with Crippen molar-refractivity contribution in [1.82, 2.24) is 9.97 Å². The summed E-state index contributed by atoms with van der Waals surface area (Å²) >= 11 is 6.13. The molecule has 4 rings (SSSR count). The molecule has 0 radical (unpaired) electrons. The van der Waals surface area contributed by atoms with Gasteiger partial charge in [0.15, 0.2) is 0 Å². The molecular weight excluding hydrogens is 362 g/mol. The summed E-state index contributed by atoms with van der Waals surface area (Å²) in [7, 11) is 0. The average molecular weight is 378 g/mol. The van der Waals surface area contributed by atoms with E-state index in [1.165, 1.54) is 0 Å². The van der Waals surface area contributed by atoms with Gasteiger partial charge in [-0.1, -0.05) is 17.7 Å². The van der Waals surface area contributed by atoms with Crippen LogP contribution in [0.2, 0.25) is 5.02 Å². The van der Waals surface area contributed by atoms with Crippen molar-refractivity contribution in [3.05, 3.63) is 76.8 Å². The molecule has 0 spiro atoms. The summed E-state index contributed by atoms with van der Waals surface area (Å²) < 4.78 is 5.84. The third kappa shape index (κ3) is 3.50. The molecule has 1 amide bonds. The maximum Gasteiger partial charge on any atom is 0.248 e. The van der Waals surface area contributed by atoms with Gasteiger partial charge in [0.2, 0.25) is 5.91 Å². The minimum Gasteiger partial charge on any atom is -0.457 e. The van der Waals surface area contributed by atoms with Crippen LogP contribution in [0.25, 0.3) is 22.4 Å². The normalized spacial score (nSPS) is 10.9. The van der Waals surface area contributed by atoms with E-state index < -0.39 is 5.91 Å². The van der Waals surface area contributed by atoms with Crippen LogP contribution in [0.1, 0.15) is 15.9 Å². The van der Waals surface area contributed by atoms with Crippen LogP contribution in [0.4, 0.5) is 0 Å². The van der Waals surface area contributed by atoms with E-state index in [2.05, 4.69) is 9.97 Å². The Morgan fingerprint density at radius 1 is 1.04 bits per heavy atom. The first-order valence-corrected chi connectivity index (χ1v) is 8.71. The number of nitrogens with two attached hydrogens (primary N) is 1. The van der Waals surface area contributed by atoms with Crippen LogP contribution in [0.5, 0.6) is 11.5 Å². The fraction of sp³-hybridized carbons (Fsp3) is 0.0476. The predicted molar refractivity (Wildman–Crippen MR) is 106 cm³/mol. The number of aromatic nitrogens is 2. The Kier molecular flexibility index (Phi) is 4.30. The number of primary amides is 1. The smallest absolute Gasteiger partial charge is 0.248 e. The van der Waals surface area contributed by atoms with Gasteiger partial charge in [-0.2, -0.15) is 0 Å². The quantitative estimate of drug-likeness (QED) is 0.520. The third-order valence-electron chi connectivity index (χ3n) is 4.27. The first-order valence-electron chi connectivity index (χ1n) is 8.33. The molecule has 1 aromatic heterocycles. The molecule has 0 atom stereocenters. The molecule has 0 unspecified atom stereocenters. The number of fused-ring (bicyclic) bond motifs is 1. The highest BCUT2D eigenvalue weighted by molar-refractivity contribution is 6.31. The lowest BCUT2D eigenvalue weighted by molar-refractivity contribution is 0.100. The zero-order valence-electron chi connectivity index (χ0n) is 14.5. The van der Waals surface area contributed by atoms with Gasteiger partial charge in [-0.25, -0.2) is 4.98 Å². The number of nitrogens with one attached hydrogen (secondary N) is 1. The highest BCUT2D eigenvalue weighted by atomic mass is 35.5. The number of benzene rings is 3. The van der Waals surface area contributed by atoms with Crippen molar-refractivity contribution in [2.75, 3.05) is 0 Å². The topological polar surface area (TPSA) is 81.0 Å². The van der Waals surface area contributed by atoms with Crippen LogP contribution in [0, 0.1) is 6.92 Å². The fourth-order valence-electron chi connectivity index (χ4n) is 2.75. The van der Waals surface area contributed by atoms with Crippen LogP contribution >= 0.6 is 11.6 Å². The van der Waals surface area contributed by atoms with Crippen molar-refractivity contribution in [3.63, 3.8) is 0 Å². The number of aromatic amines is 1. The molecule has 3 aromatic carbocycles. The number of hydrogen-bond donors (Lipinski definition) is 2. The van der Waals surface area contributed by atoms with Crippen molar-refractivity contribution >= 4 is 28.5 Å². The number of rotatable bonds is 4. The standard InChI is InChI=1S/C21H16ClN3O2/c1-12-2-6-16(11-17(12)22)27-15-7-3-13(4-8-15)21-24-18-9-5-14(20(23)26)10-19(18)25-21/h2-11H,1H3,(H2,23,26)(H,24,25). The van der Waals surface area contributed by atoms with Crippen LogP contribution in [-0.4, -0.2) is 15.9 Å². The van der Waals surface area contributed by atoms with E-state index in [9.17, 15) is 4.79 Å². The van der Waals surface area contributed by atoms with Gasteiger partial charge < -0.3 is 15.5 Å². The van der Waals surface area contributed by atoms with E-state index >= 15 is 0 Å². The molecule has 5 nitrogen and oxygen atoms in total. The van der Waals surface area contributed by atoms with Crippen molar-refractivity contribution in [2.45, 2.75) is 6.92 Å². The summed E-state index contributed by atoms with van der Waals surface area (Å²) in [5.74, 6) is 1.61. The third-order valence-corrected chi connectivity index (χ3v) is 4.68. The van der Waals surface area contributed by atoms with Crippen molar-refractivity contribution < 1.29 is 9.53 Å². The number of aryl methyl sites for hydroxylation is 1. The van der Waals surface area contributed by atoms with E-state index in [1.54, 1.807) is 24.3 Å². The van der Waals surface area contributed by atoms with Gasteiger partial charge in [-0.3, -0.25) is 4.79 Å². The van der Waals surface area contributed by atoms with E-state index in [4.69, 9.17) is 22.1 Å². The molecule has 4 aromatic rings. The highest BCUT2D eigenvalue weighted by Crippen LogP contribution is 2.28. The predicted octanol–water partition coefficient (Wildman–Crippen LogP) is 5.08. The highest BCUT2D eigenvalue weighted by Gasteiger charge is 2.09. The van der Waals surface area contributed by atoms with Crippen LogP contribution in [-0.2, 0) is 0 Å². The monoisotopic (exact) mass is 377 g/mol. The number of imidazole rings is 1. The Labute approximate surface area is 160 Å². The molecule has 0 bridgehead atoms. The maximum absolute atomic E-state index is 11.3. The SMILES string of the molecule is Cc1ccc(Oc2ccc(-c3nc4cc(C(N)=O)ccc4[nH]3)cc2)cc1Cl. The lowest BCUT2D eigenvalue weighted by Gasteiger charge is -2.07. The number of halogens is 1. The van der Waals surface area contributed by atoms with Gasteiger partial charge in [-0.05, 0) is 67.1 Å². The molecule has 0 saturated carbocycles. The zero-order chi connectivity index (χ0) is 19.0. The molecule has 6 heteroatoms. The van der Waals surface area contributed by atoms with E-state index in [0.29, 0.717) is 33.4 Å². The van der Waals surface area contributed by atoms with Crippen LogP contribution < -0.4 is 10.5 Å². The molecule has 1 heterocycles. The summed E-state index contributed by atoms with van der Waals surface area (Å²) in [6.45, 7) is 1.95. The van der Waals surface area contributed by atoms with E-state index in [-0.39, 0.29) is 0 Å². The number of ether oxygens (including phenoxy) is 1. The number of amides is 1. The Bertz CT molecular complexity index is 1150. The Balaban J connectivity index is 1.59. The summed E-state index contributed by atoms with van der Waals surface area (Å²) in [4.78, 5) is 19.1. The summed E-state index contributed by atoms with van der Waals surface area (Å²) in [6, 6.07) is 18.3. The van der Waals surface area contributed by atoms with Gasteiger partial charge in [-0.15, -0.1) is 0 Å². The largest absolute Gasteiger partial charge is 0.457 e. The zero-order valence-corrected chi connectivity index (χ0v) is 15.2. The molecule has 3 N–H and O–H groups in total. The molecule has 0 aliphatic carbocycles. The average Bonchev–Trinajstić information content (AvgIpc) is 3.08. The minimum atomic E-state index is -0.473.